The molecule has 4 nitrogen and oxygen atoms in total. The normalized spacial score (nSPS) is 12.6. The monoisotopic (exact) mass is 259 g/mol. The molecule has 0 aliphatic heterocycles. The summed E-state index contributed by atoms with van der Waals surface area (Å²) in [5.41, 5.74) is 2.30. The van der Waals surface area contributed by atoms with Gasteiger partial charge in [0.25, 0.3) is 0 Å². The lowest BCUT2D eigenvalue weighted by Crippen LogP contribution is -2.42. The van der Waals surface area contributed by atoms with Gasteiger partial charge in [0, 0.05) is 31.9 Å². The second-order valence-electron chi connectivity index (χ2n) is 4.85. The van der Waals surface area contributed by atoms with Gasteiger partial charge in [0.1, 0.15) is 0 Å². The topological polar surface area (TPSA) is 48.1 Å². The van der Waals surface area contributed by atoms with Gasteiger partial charge < -0.3 is 15.2 Å². The Morgan fingerprint density at radius 2 is 2.21 bits per heavy atom. The van der Waals surface area contributed by atoms with Gasteiger partial charge in [0.15, 0.2) is 0 Å². The van der Waals surface area contributed by atoms with Gasteiger partial charge in [-0.25, -0.2) is 0 Å². The van der Waals surface area contributed by atoms with Crippen LogP contribution in [0.1, 0.15) is 19.4 Å². The maximum absolute atomic E-state index is 11.9. The molecule has 1 aromatic heterocycles. The lowest BCUT2D eigenvalue weighted by molar-refractivity contribution is -0.131. The first-order valence-corrected chi connectivity index (χ1v) is 6.66. The minimum absolute atomic E-state index is 0.128. The Bertz CT molecular complexity index is 561. The van der Waals surface area contributed by atoms with E-state index in [1.807, 2.05) is 27.1 Å². The molecule has 1 amide bonds. The van der Waals surface area contributed by atoms with Gasteiger partial charge in [-0.15, -0.1) is 0 Å². The van der Waals surface area contributed by atoms with Crippen LogP contribution in [-0.4, -0.2) is 35.4 Å². The number of nitrogens with one attached hydrogen (secondary N) is 2. The van der Waals surface area contributed by atoms with Crippen molar-refractivity contribution in [2.45, 2.75) is 26.4 Å². The van der Waals surface area contributed by atoms with E-state index in [-0.39, 0.29) is 11.9 Å². The lowest BCUT2D eigenvalue weighted by Gasteiger charge is -2.20. The van der Waals surface area contributed by atoms with E-state index in [4.69, 9.17) is 0 Å². The molecule has 1 unspecified atom stereocenters. The first-order chi connectivity index (χ1) is 9.11. The molecule has 1 atom stereocenters. The Labute approximate surface area is 113 Å². The van der Waals surface area contributed by atoms with E-state index in [2.05, 4.69) is 34.6 Å². The van der Waals surface area contributed by atoms with Crippen molar-refractivity contribution in [3.63, 3.8) is 0 Å². The summed E-state index contributed by atoms with van der Waals surface area (Å²) in [6.45, 7) is 5.31. The standard InChI is InChI=1S/C15H21N3O/c1-4-18(3)15(19)11(2)17-10-12-5-6-13-7-8-16-14(13)9-12/h5-9,11,16-17H,4,10H2,1-3H3. The summed E-state index contributed by atoms with van der Waals surface area (Å²) in [5, 5.41) is 4.47. The molecule has 0 saturated heterocycles. The van der Waals surface area contributed by atoms with Crippen LogP contribution in [-0.2, 0) is 11.3 Å². The first kappa shape index (κ1) is 13.6. The lowest BCUT2D eigenvalue weighted by atomic mass is 10.1. The molecular formula is C15H21N3O. The number of fused-ring (bicyclic) bond motifs is 1. The summed E-state index contributed by atoms with van der Waals surface area (Å²) in [4.78, 5) is 16.8. The fourth-order valence-electron chi connectivity index (χ4n) is 2.05. The maximum Gasteiger partial charge on any atom is 0.239 e. The number of hydrogen-bond donors (Lipinski definition) is 2. The average molecular weight is 259 g/mol. The smallest absolute Gasteiger partial charge is 0.239 e. The molecule has 0 fully saturated rings. The second-order valence-corrected chi connectivity index (χ2v) is 4.85. The van der Waals surface area contributed by atoms with Crippen LogP contribution in [0.2, 0.25) is 0 Å². The molecule has 0 radical (unpaired) electrons. The number of rotatable bonds is 5. The summed E-state index contributed by atoms with van der Waals surface area (Å²) in [7, 11) is 1.82. The quantitative estimate of drug-likeness (QED) is 0.864. The minimum atomic E-state index is -0.163. The SMILES string of the molecule is CCN(C)C(=O)C(C)NCc1ccc2cc[nH]c2c1. The predicted molar refractivity (Wildman–Crippen MR) is 77.9 cm³/mol. The molecule has 0 aliphatic carbocycles. The average Bonchev–Trinajstić information content (AvgIpc) is 2.90. The summed E-state index contributed by atoms with van der Waals surface area (Å²) in [6.07, 6.45) is 1.93. The number of aromatic amines is 1. The first-order valence-electron chi connectivity index (χ1n) is 6.66. The Balaban J connectivity index is 1.96. The fourth-order valence-corrected chi connectivity index (χ4v) is 2.05. The number of likely N-dealkylation sites (N-methyl/N-ethyl adjacent to an activating group) is 1. The van der Waals surface area contributed by atoms with Crippen molar-refractivity contribution in [1.29, 1.82) is 0 Å². The van der Waals surface area contributed by atoms with Gasteiger partial charge in [-0.3, -0.25) is 4.79 Å². The summed E-state index contributed by atoms with van der Waals surface area (Å²) in [6, 6.07) is 8.18. The Kier molecular flexibility index (Phi) is 4.22. The van der Waals surface area contributed by atoms with Gasteiger partial charge >= 0.3 is 0 Å². The number of benzene rings is 1. The molecule has 0 aliphatic rings. The number of nitrogens with zero attached hydrogens (tertiary/aromatic N) is 1. The van der Waals surface area contributed by atoms with E-state index in [0.29, 0.717) is 6.54 Å². The van der Waals surface area contributed by atoms with Crippen LogP contribution in [0.5, 0.6) is 0 Å². The Morgan fingerprint density at radius 1 is 1.42 bits per heavy atom. The third kappa shape index (κ3) is 3.15. The number of H-pyrrole nitrogens is 1. The van der Waals surface area contributed by atoms with Crippen molar-refractivity contribution < 1.29 is 4.79 Å². The molecule has 1 aromatic carbocycles. The zero-order valence-corrected chi connectivity index (χ0v) is 11.7. The van der Waals surface area contributed by atoms with Crippen LogP contribution in [0, 0.1) is 0 Å². The van der Waals surface area contributed by atoms with Crippen molar-refractivity contribution >= 4 is 16.8 Å². The molecule has 2 N–H and O–H groups in total. The fraction of sp³-hybridized carbons (Fsp3) is 0.400. The van der Waals surface area contributed by atoms with Gasteiger partial charge in [-0.05, 0) is 36.9 Å². The van der Waals surface area contributed by atoms with Crippen molar-refractivity contribution in [3.05, 3.63) is 36.0 Å². The van der Waals surface area contributed by atoms with Crippen LogP contribution in [0.3, 0.4) is 0 Å². The molecule has 4 heteroatoms. The predicted octanol–water partition coefficient (Wildman–Crippen LogP) is 2.12. The molecule has 102 valence electrons. The van der Waals surface area contributed by atoms with E-state index in [1.165, 1.54) is 10.9 Å². The second kappa shape index (κ2) is 5.89. The van der Waals surface area contributed by atoms with Crippen molar-refractivity contribution in [1.82, 2.24) is 15.2 Å². The van der Waals surface area contributed by atoms with Crippen LogP contribution < -0.4 is 5.32 Å². The van der Waals surface area contributed by atoms with E-state index in [9.17, 15) is 4.79 Å². The van der Waals surface area contributed by atoms with Crippen molar-refractivity contribution in [2.75, 3.05) is 13.6 Å². The molecule has 2 rings (SSSR count). The molecule has 0 saturated carbocycles. The highest BCUT2D eigenvalue weighted by Crippen LogP contribution is 2.14. The highest BCUT2D eigenvalue weighted by molar-refractivity contribution is 5.81. The van der Waals surface area contributed by atoms with Crippen LogP contribution >= 0.6 is 0 Å². The maximum atomic E-state index is 11.9. The summed E-state index contributed by atoms with van der Waals surface area (Å²) in [5.74, 6) is 0.128. The highest BCUT2D eigenvalue weighted by atomic mass is 16.2. The number of aromatic nitrogens is 1. The molecule has 2 aromatic rings. The van der Waals surface area contributed by atoms with Crippen molar-refractivity contribution in [2.24, 2.45) is 0 Å². The Morgan fingerprint density at radius 3 is 2.95 bits per heavy atom. The number of amides is 1. The minimum Gasteiger partial charge on any atom is -0.361 e. The van der Waals surface area contributed by atoms with Crippen molar-refractivity contribution in [3.8, 4) is 0 Å². The van der Waals surface area contributed by atoms with Crippen LogP contribution in [0.15, 0.2) is 30.5 Å². The molecular weight excluding hydrogens is 238 g/mol. The van der Waals surface area contributed by atoms with E-state index in [0.717, 1.165) is 12.1 Å². The van der Waals surface area contributed by atoms with E-state index >= 15 is 0 Å². The number of carbonyl (C=O) groups excluding carboxylic acids is 1. The van der Waals surface area contributed by atoms with Crippen LogP contribution in [0.4, 0.5) is 0 Å². The molecule has 19 heavy (non-hydrogen) atoms. The number of hydrogen-bond acceptors (Lipinski definition) is 2. The van der Waals surface area contributed by atoms with Gasteiger partial charge in [-0.2, -0.15) is 0 Å². The summed E-state index contributed by atoms with van der Waals surface area (Å²) < 4.78 is 0. The Hall–Kier alpha value is -1.81. The van der Waals surface area contributed by atoms with Gasteiger partial charge in [0.05, 0.1) is 6.04 Å². The number of carbonyl (C=O) groups is 1. The van der Waals surface area contributed by atoms with E-state index in [1.54, 1.807) is 4.90 Å². The van der Waals surface area contributed by atoms with Gasteiger partial charge in [0.2, 0.25) is 5.91 Å². The molecule has 1 heterocycles. The molecule has 0 bridgehead atoms. The van der Waals surface area contributed by atoms with Gasteiger partial charge in [-0.1, -0.05) is 12.1 Å². The third-order valence-electron chi connectivity index (χ3n) is 3.45. The zero-order valence-electron chi connectivity index (χ0n) is 11.7. The largest absolute Gasteiger partial charge is 0.361 e. The van der Waals surface area contributed by atoms with E-state index < -0.39 is 0 Å². The molecule has 0 spiro atoms. The third-order valence-corrected chi connectivity index (χ3v) is 3.45. The van der Waals surface area contributed by atoms with Crippen LogP contribution in [0.25, 0.3) is 10.9 Å². The zero-order chi connectivity index (χ0) is 13.8. The highest BCUT2D eigenvalue weighted by Gasteiger charge is 2.15. The summed E-state index contributed by atoms with van der Waals surface area (Å²) >= 11 is 0.